The predicted molar refractivity (Wildman–Crippen MR) is 113 cm³/mol. The summed E-state index contributed by atoms with van der Waals surface area (Å²) in [5.74, 6) is -0.828. The van der Waals surface area contributed by atoms with E-state index in [1.165, 1.54) is 11.3 Å². The van der Waals surface area contributed by atoms with E-state index in [1.807, 2.05) is 17.9 Å². The molecule has 0 bridgehead atoms. The van der Waals surface area contributed by atoms with Gasteiger partial charge in [-0.1, -0.05) is 23.7 Å². The number of nitrogens with one attached hydrogen (secondary N) is 1. The number of carbonyl (C=O) groups is 3. The van der Waals surface area contributed by atoms with Crippen molar-refractivity contribution >= 4 is 40.7 Å². The molecule has 3 rings (SSSR count). The number of benzene rings is 1. The molecule has 3 amide bonds. The first-order valence-electron chi connectivity index (χ1n) is 9.26. The molecule has 1 unspecified atom stereocenters. The highest BCUT2D eigenvalue weighted by molar-refractivity contribution is 7.13. The maximum Gasteiger partial charge on any atom is 0.261 e. The Kier molecular flexibility index (Phi) is 6.89. The number of amides is 3. The van der Waals surface area contributed by atoms with Gasteiger partial charge >= 0.3 is 0 Å². The van der Waals surface area contributed by atoms with E-state index in [4.69, 9.17) is 17.3 Å². The molecule has 1 atom stereocenters. The summed E-state index contributed by atoms with van der Waals surface area (Å²) in [4.78, 5) is 41.9. The number of nitrogens with two attached hydrogens (primary N) is 1. The summed E-state index contributed by atoms with van der Waals surface area (Å²) in [5, 5.41) is 3.26. The minimum absolute atomic E-state index is 0.0494. The van der Waals surface area contributed by atoms with Gasteiger partial charge in [-0.2, -0.15) is 0 Å². The third-order valence-corrected chi connectivity index (χ3v) is 6.10. The number of primary amides is 1. The first kappa shape index (κ1) is 21.3. The van der Waals surface area contributed by atoms with Gasteiger partial charge in [-0.3, -0.25) is 19.3 Å². The molecule has 7 nitrogen and oxygen atoms in total. The molecule has 0 aliphatic carbocycles. The van der Waals surface area contributed by atoms with Crippen molar-refractivity contribution in [2.75, 3.05) is 32.7 Å². The highest BCUT2D eigenvalue weighted by Gasteiger charge is 2.30. The number of nitrogens with zero attached hydrogens (tertiary/aromatic N) is 2. The van der Waals surface area contributed by atoms with E-state index in [0.29, 0.717) is 36.1 Å². The van der Waals surface area contributed by atoms with Gasteiger partial charge in [0.1, 0.15) is 6.04 Å². The Bertz CT molecular complexity index is 891. The van der Waals surface area contributed by atoms with Crippen LogP contribution in [0.4, 0.5) is 0 Å². The van der Waals surface area contributed by atoms with Crippen molar-refractivity contribution in [1.82, 2.24) is 15.1 Å². The summed E-state index contributed by atoms with van der Waals surface area (Å²) >= 11 is 7.32. The number of hydrogen-bond donors (Lipinski definition) is 2. The van der Waals surface area contributed by atoms with E-state index < -0.39 is 11.9 Å². The molecule has 1 aromatic carbocycles. The maximum absolute atomic E-state index is 12.4. The molecule has 3 N–H and O–H groups in total. The SMILES string of the molecule is Cc1ccc(C(=O)NCC(=O)N2CCN(C(C(N)=O)c3ccc(Cl)cc3)CC2)s1. The summed E-state index contributed by atoms with van der Waals surface area (Å²) in [6, 6.07) is 10.1. The summed E-state index contributed by atoms with van der Waals surface area (Å²) in [7, 11) is 0. The number of piperazine rings is 1. The van der Waals surface area contributed by atoms with E-state index in [1.54, 1.807) is 35.2 Å². The Morgan fingerprint density at radius 2 is 1.76 bits per heavy atom. The zero-order valence-corrected chi connectivity index (χ0v) is 17.6. The molecule has 2 aromatic rings. The van der Waals surface area contributed by atoms with Crippen LogP contribution < -0.4 is 11.1 Å². The Hall–Kier alpha value is -2.42. The second kappa shape index (κ2) is 9.39. The fourth-order valence-electron chi connectivity index (χ4n) is 3.34. The van der Waals surface area contributed by atoms with Crippen molar-refractivity contribution < 1.29 is 14.4 Å². The Labute approximate surface area is 178 Å². The van der Waals surface area contributed by atoms with Crippen LogP contribution in [0.25, 0.3) is 0 Å². The first-order chi connectivity index (χ1) is 13.8. The molecule has 0 spiro atoms. The summed E-state index contributed by atoms with van der Waals surface area (Å²) in [6.07, 6.45) is 0. The lowest BCUT2D eigenvalue weighted by atomic mass is 10.0. The van der Waals surface area contributed by atoms with Gasteiger partial charge in [-0.25, -0.2) is 0 Å². The average Bonchev–Trinajstić information content (AvgIpc) is 3.14. The summed E-state index contributed by atoms with van der Waals surface area (Å²) in [6.45, 7) is 3.83. The van der Waals surface area contributed by atoms with Crippen LogP contribution in [0.5, 0.6) is 0 Å². The highest BCUT2D eigenvalue weighted by Crippen LogP contribution is 2.23. The number of thiophene rings is 1. The van der Waals surface area contributed by atoms with E-state index in [2.05, 4.69) is 5.32 Å². The number of hydrogen-bond acceptors (Lipinski definition) is 5. The normalized spacial score (nSPS) is 15.7. The zero-order valence-electron chi connectivity index (χ0n) is 16.1. The molecule has 154 valence electrons. The van der Waals surface area contributed by atoms with Crippen LogP contribution >= 0.6 is 22.9 Å². The van der Waals surface area contributed by atoms with Gasteiger partial charge in [0.25, 0.3) is 5.91 Å². The number of carbonyl (C=O) groups excluding carboxylic acids is 3. The second-order valence-corrected chi connectivity index (χ2v) is 8.59. The molecule has 29 heavy (non-hydrogen) atoms. The third kappa shape index (κ3) is 5.35. The summed E-state index contributed by atoms with van der Waals surface area (Å²) < 4.78 is 0. The van der Waals surface area contributed by atoms with Crippen molar-refractivity contribution in [2.24, 2.45) is 5.73 Å². The number of rotatable bonds is 6. The summed E-state index contributed by atoms with van der Waals surface area (Å²) in [5.41, 5.74) is 6.41. The monoisotopic (exact) mass is 434 g/mol. The quantitative estimate of drug-likeness (QED) is 0.724. The number of aryl methyl sites for hydroxylation is 1. The molecular formula is C20H23ClN4O3S. The van der Waals surface area contributed by atoms with Crippen molar-refractivity contribution in [3.63, 3.8) is 0 Å². The molecular weight excluding hydrogens is 412 g/mol. The molecule has 1 aliphatic heterocycles. The Morgan fingerprint density at radius 1 is 1.10 bits per heavy atom. The fourth-order valence-corrected chi connectivity index (χ4v) is 4.25. The standard InChI is InChI=1S/C20H23ClN4O3S/c1-13-2-7-16(29-13)20(28)23-12-17(26)24-8-10-25(11-9-24)18(19(22)27)14-3-5-15(21)6-4-14/h2-7,18H,8-12H2,1H3,(H2,22,27)(H,23,28). The molecule has 1 fully saturated rings. The van der Waals surface area contributed by atoms with Gasteiger partial charge in [-0.05, 0) is 36.8 Å². The fraction of sp³-hybridized carbons (Fsp3) is 0.350. The minimum atomic E-state index is -0.564. The smallest absolute Gasteiger partial charge is 0.261 e. The molecule has 1 aromatic heterocycles. The van der Waals surface area contributed by atoms with Crippen LogP contribution in [0.3, 0.4) is 0 Å². The molecule has 9 heteroatoms. The van der Waals surface area contributed by atoms with Crippen LogP contribution in [-0.2, 0) is 9.59 Å². The molecule has 0 saturated carbocycles. The Morgan fingerprint density at radius 3 is 2.31 bits per heavy atom. The van der Waals surface area contributed by atoms with Crippen molar-refractivity contribution in [3.05, 3.63) is 56.7 Å². The average molecular weight is 435 g/mol. The van der Waals surface area contributed by atoms with Crippen LogP contribution in [0.15, 0.2) is 36.4 Å². The van der Waals surface area contributed by atoms with Gasteiger partial charge in [-0.15, -0.1) is 11.3 Å². The molecule has 1 aliphatic rings. The van der Waals surface area contributed by atoms with Crippen molar-refractivity contribution in [1.29, 1.82) is 0 Å². The van der Waals surface area contributed by atoms with Gasteiger partial charge in [0.05, 0.1) is 11.4 Å². The van der Waals surface area contributed by atoms with Gasteiger partial charge in [0, 0.05) is 36.1 Å². The second-order valence-electron chi connectivity index (χ2n) is 6.87. The van der Waals surface area contributed by atoms with E-state index >= 15 is 0 Å². The zero-order chi connectivity index (χ0) is 21.0. The van der Waals surface area contributed by atoms with Crippen molar-refractivity contribution in [3.8, 4) is 0 Å². The van der Waals surface area contributed by atoms with E-state index in [9.17, 15) is 14.4 Å². The third-order valence-electron chi connectivity index (χ3n) is 4.85. The lowest BCUT2D eigenvalue weighted by Gasteiger charge is -2.38. The van der Waals surface area contributed by atoms with Crippen LogP contribution in [0, 0.1) is 6.92 Å². The minimum Gasteiger partial charge on any atom is -0.368 e. The van der Waals surface area contributed by atoms with E-state index in [0.717, 1.165) is 10.4 Å². The lowest BCUT2D eigenvalue weighted by molar-refractivity contribution is -0.133. The first-order valence-corrected chi connectivity index (χ1v) is 10.5. The van der Waals surface area contributed by atoms with Gasteiger partial charge in [0.15, 0.2) is 0 Å². The highest BCUT2D eigenvalue weighted by atomic mass is 35.5. The molecule has 0 radical (unpaired) electrons. The Balaban J connectivity index is 1.53. The lowest BCUT2D eigenvalue weighted by Crippen LogP contribution is -2.53. The van der Waals surface area contributed by atoms with Crippen molar-refractivity contribution in [2.45, 2.75) is 13.0 Å². The molecule has 1 saturated heterocycles. The largest absolute Gasteiger partial charge is 0.368 e. The molecule has 2 heterocycles. The van der Waals surface area contributed by atoms with Gasteiger partial charge < -0.3 is 16.0 Å². The van der Waals surface area contributed by atoms with Gasteiger partial charge in [0.2, 0.25) is 11.8 Å². The van der Waals surface area contributed by atoms with E-state index in [-0.39, 0.29) is 18.4 Å². The topological polar surface area (TPSA) is 95.7 Å². The van der Waals surface area contributed by atoms with Crippen LogP contribution in [0.2, 0.25) is 5.02 Å². The van der Waals surface area contributed by atoms with Crippen LogP contribution in [-0.4, -0.2) is 60.2 Å². The number of halogens is 1. The maximum atomic E-state index is 12.4. The van der Waals surface area contributed by atoms with Crippen LogP contribution in [0.1, 0.15) is 26.2 Å². The predicted octanol–water partition coefficient (Wildman–Crippen LogP) is 1.81.